The summed E-state index contributed by atoms with van der Waals surface area (Å²) in [5.74, 6) is -0.293. The average molecular weight is 537 g/mol. The maximum Gasteiger partial charge on any atom is 0.341 e. The van der Waals surface area contributed by atoms with Gasteiger partial charge in [-0.15, -0.1) is 0 Å². The molecule has 2 aliphatic rings. The number of nitrogens with two attached hydrogens (primary N) is 1. The molecular weight excluding hydrogens is 504 g/mol. The third kappa shape index (κ3) is 6.12. The van der Waals surface area contributed by atoms with Crippen molar-refractivity contribution in [1.82, 2.24) is 24.9 Å². The van der Waals surface area contributed by atoms with Crippen molar-refractivity contribution in [3.63, 3.8) is 0 Å². The minimum atomic E-state index is -1.09. The number of rotatable bonds is 9. The first-order valence-corrected chi connectivity index (χ1v) is 13.1. The Bertz CT molecular complexity index is 1340. The molecule has 3 amide bonds. The maximum atomic E-state index is 12.2. The normalized spacial score (nSPS) is 23.4. The van der Waals surface area contributed by atoms with Gasteiger partial charge in [0, 0.05) is 18.2 Å². The molecule has 7 N–H and O–H groups in total. The summed E-state index contributed by atoms with van der Waals surface area (Å²) in [6, 6.07) is 8.02. The molecule has 0 bridgehead atoms. The second-order valence-corrected chi connectivity index (χ2v) is 10.0. The number of nitrogens with zero attached hydrogens (tertiary/aromatic N) is 6. The fraction of sp³-hybridized carbons (Fsp3) is 0.480. The molecule has 1 aromatic carbocycles. The molecule has 206 valence electrons. The van der Waals surface area contributed by atoms with Crippen LogP contribution in [0.5, 0.6) is 0 Å². The molecule has 2 aromatic heterocycles. The summed E-state index contributed by atoms with van der Waals surface area (Å²) < 4.78 is 1.70. The molecule has 3 aromatic rings. The number of imidazole rings is 1. The van der Waals surface area contributed by atoms with E-state index in [1.165, 1.54) is 0 Å². The highest BCUT2D eigenvalue weighted by molar-refractivity contribution is 5.88. The Labute approximate surface area is 224 Å². The van der Waals surface area contributed by atoms with Crippen molar-refractivity contribution in [2.45, 2.75) is 69.2 Å². The Morgan fingerprint density at radius 1 is 1.10 bits per heavy atom. The largest absolute Gasteiger partial charge is 0.390 e. The molecule has 2 aliphatic carbocycles. The molecule has 14 heteroatoms. The van der Waals surface area contributed by atoms with Gasteiger partial charge in [-0.1, -0.05) is 41.4 Å². The molecule has 0 unspecified atom stereocenters. The molecule has 2 saturated carbocycles. The number of aliphatic hydroxyl groups excluding tert-OH is 2. The van der Waals surface area contributed by atoms with Crippen molar-refractivity contribution in [2.24, 2.45) is 22.0 Å². The van der Waals surface area contributed by atoms with E-state index in [1.54, 1.807) is 35.2 Å². The summed E-state index contributed by atoms with van der Waals surface area (Å²) in [5, 5.41) is 35.3. The van der Waals surface area contributed by atoms with Gasteiger partial charge in [0.2, 0.25) is 5.91 Å². The first-order valence-electron chi connectivity index (χ1n) is 13.1. The van der Waals surface area contributed by atoms with Gasteiger partial charge < -0.3 is 31.1 Å². The van der Waals surface area contributed by atoms with Gasteiger partial charge in [-0.05, 0) is 43.7 Å². The van der Waals surface area contributed by atoms with Crippen LogP contribution in [-0.4, -0.2) is 59.9 Å². The van der Waals surface area contributed by atoms with Crippen LogP contribution in [0.1, 0.15) is 51.0 Å². The van der Waals surface area contributed by atoms with E-state index < -0.39 is 30.2 Å². The van der Waals surface area contributed by atoms with Gasteiger partial charge in [0.15, 0.2) is 17.0 Å². The Balaban J connectivity index is 1.40. The SMILES string of the molecule is NC(=O)CC[C@H]1C[C@@H](n2cnc3c(NC4CCCC4)nc(/N=N/NC(=O)Nc4ccccc4)nc32)[C@H](O)[C@@H]1O. The first-order chi connectivity index (χ1) is 18.9. The maximum absolute atomic E-state index is 12.2. The first kappa shape index (κ1) is 26.4. The highest BCUT2D eigenvalue weighted by atomic mass is 16.3. The number of aliphatic hydroxyl groups is 2. The number of primary amides is 1. The van der Waals surface area contributed by atoms with E-state index >= 15 is 0 Å². The number of hydrogen-bond acceptors (Lipinski definition) is 10. The van der Waals surface area contributed by atoms with Crippen LogP contribution in [0.25, 0.3) is 11.2 Å². The summed E-state index contributed by atoms with van der Waals surface area (Å²) in [7, 11) is 0. The molecule has 0 radical (unpaired) electrons. The highest BCUT2D eigenvalue weighted by Crippen LogP contribution is 2.40. The quantitative estimate of drug-likeness (QED) is 0.177. The number of para-hydroxylation sites is 1. The number of amides is 3. The van der Waals surface area contributed by atoms with Gasteiger partial charge in [-0.25, -0.2) is 15.2 Å². The van der Waals surface area contributed by atoms with Crippen LogP contribution >= 0.6 is 0 Å². The van der Waals surface area contributed by atoms with Gasteiger partial charge in [0.05, 0.1) is 18.5 Å². The monoisotopic (exact) mass is 536 g/mol. The lowest BCUT2D eigenvalue weighted by atomic mass is 9.99. The molecule has 4 atom stereocenters. The van der Waals surface area contributed by atoms with E-state index in [1.807, 2.05) is 6.07 Å². The van der Waals surface area contributed by atoms with Crippen LogP contribution in [0.4, 0.5) is 22.2 Å². The van der Waals surface area contributed by atoms with Crippen molar-refractivity contribution in [1.29, 1.82) is 0 Å². The van der Waals surface area contributed by atoms with Crippen LogP contribution in [-0.2, 0) is 4.79 Å². The fourth-order valence-electron chi connectivity index (χ4n) is 5.34. The summed E-state index contributed by atoms with van der Waals surface area (Å²) >= 11 is 0. The number of anilines is 2. The zero-order valence-electron chi connectivity index (χ0n) is 21.3. The zero-order valence-corrected chi connectivity index (χ0v) is 21.3. The minimum absolute atomic E-state index is 0.0110. The summed E-state index contributed by atoms with van der Waals surface area (Å²) in [6.45, 7) is 0. The number of benzene rings is 1. The van der Waals surface area contributed by atoms with E-state index in [9.17, 15) is 19.8 Å². The third-order valence-corrected chi connectivity index (χ3v) is 7.32. The molecule has 0 aliphatic heterocycles. The molecule has 39 heavy (non-hydrogen) atoms. The van der Waals surface area contributed by atoms with E-state index in [2.05, 4.69) is 41.3 Å². The van der Waals surface area contributed by atoms with Crippen LogP contribution < -0.4 is 21.8 Å². The average Bonchev–Trinajstić information content (AvgIpc) is 3.64. The third-order valence-electron chi connectivity index (χ3n) is 7.32. The molecule has 14 nitrogen and oxygen atoms in total. The van der Waals surface area contributed by atoms with Crippen LogP contribution in [0.3, 0.4) is 0 Å². The zero-order chi connectivity index (χ0) is 27.4. The standard InChI is InChI=1S/C25H32N10O4/c26-18(36)11-10-14-12-17(21(38)20(14)37)35-13-27-19-22(28-15-8-4-5-9-15)30-24(31-23(19)35)32-34-33-25(39)29-16-6-2-1-3-7-16/h1-3,6-7,13-15,17,20-21,37-38H,4-5,8-12H2,(H2,26,36)(H3,28,29,30,31,32,33,39)/t14-,17+,20+,21-/m0/s1. The fourth-order valence-corrected chi connectivity index (χ4v) is 5.34. The van der Waals surface area contributed by atoms with Crippen LogP contribution in [0.2, 0.25) is 0 Å². The van der Waals surface area contributed by atoms with Crippen molar-refractivity contribution in [3.8, 4) is 0 Å². The number of carbonyl (C=O) groups is 2. The van der Waals surface area contributed by atoms with Gasteiger partial charge in [0.25, 0.3) is 5.95 Å². The van der Waals surface area contributed by atoms with E-state index in [4.69, 9.17) is 5.73 Å². The van der Waals surface area contributed by atoms with E-state index in [-0.39, 0.29) is 24.3 Å². The second-order valence-electron chi connectivity index (χ2n) is 10.0. The number of fused-ring (bicyclic) bond motifs is 1. The smallest absolute Gasteiger partial charge is 0.341 e. The van der Waals surface area contributed by atoms with Crippen molar-refractivity contribution >= 4 is 40.6 Å². The van der Waals surface area contributed by atoms with Crippen molar-refractivity contribution in [2.75, 3.05) is 10.6 Å². The second kappa shape index (κ2) is 11.7. The number of aromatic nitrogens is 4. The number of hydrogen-bond donors (Lipinski definition) is 6. The van der Waals surface area contributed by atoms with Crippen molar-refractivity contribution < 1.29 is 19.8 Å². The Kier molecular flexibility index (Phi) is 7.93. The molecule has 2 fully saturated rings. The Hall–Kier alpha value is -4.17. The topological polar surface area (TPSA) is 205 Å². The summed E-state index contributed by atoms with van der Waals surface area (Å²) in [5.41, 5.74) is 9.08. The molecule has 5 rings (SSSR count). The molecule has 0 spiro atoms. The Morgan fingerprint density at radius 3 is 2.62 bits per heavy atom. The van der Waals surface area contributed by atoms with E-state index in [0.29, 0.717) is 35.5 Å². The van der Waals surface area contributed by atoms with Crippen LogP contribution in [0, 0.1) is 5.92 Å². The lowest BCUT2D eigenvalue weighted by Gasteiger charge is -2.18. The van der Waals surface area contributed by atoms with Gasteiger partial charge >= 0.3 is 6.03 Å². The molecular formula is C25H32N10O4. The number of urea groups is 1. The minimum Gasteiger partial charge on any atom is -0.390 e. The lowest BCUT2D eigenvalue weighted by Crippen LogP contribution is -2.29. The summed E-state index contributed by atoms with van der Waals surface area (Å²) in [6.07, 6.45) is 4.59. The highest BCUT2D eigenvalue weighted by Gasteiger charge is 2.43. The van der Waals surface area contributed by atoms with Gasteiger partial charge in [0.1, 0.15) is 6.10 Å². The van der Waals surface area contributed by atoms with Gasteiger partial charge in [-0.3, -0.25) is 4.79 Å². The molecule has 0 saturated heterocycles. The number of nitrogens with one attached hydrogen (secondary N) is 3. The van der Waals surface area contributed by atoms with Crippen LogP contribution in [0.15, 0.2) is 47.0 Å². The predicted octanol–water partition coefficient (Wildman–Crippen LogP) is 2.55. The van der Waals surface area contributed by atoms with Gasteiger partial charge in [-0.2, -0.15) is 9.97 Å². The predicted molar refractivity (Wildman–Crippen MR) is 142 cm³/mol. The molecule has 2 heterocycles. The summed E-state index contributed by atoms with van der Waals surface area (Å²) in [4.78, 5) is 36.9. The lowest BCUT2D eigenvalue weighted by molar-refractivity contribution is -0.118. The Morgan fingerprint density at radius 2 is 1.87 bits per heavy atom. The van der Waals surface area contributed by atoms with E-state index in [0.717, 1.165) is 25.7 Å². The number of carbonyl (C=O) groups excluding carboxylic acids is 2. The van der Waals surface area contributed by atoms with Crippen molar-refractivity contribution in [3.05, 3.63) is 36.7 Å².